The van der Waals surface area contributed by atoms with Crippen molar-refractivity contribution in [3.05, 3.63) is 29.8 Å². The van der Waals surface area contributed by atoms with Crippen LogP contribution in [0.2, 0.25) is 0 Å². The molecule has 0 saturated heterocycles. The van der Waals surface area contributed by atoms with Crippen molar-refractivity contribution in [1.29, 1.82) is 0 Å². The molecule has 0 aromatic heterocycles. The van der Waals surface area contributed by atoms with Gasteiger partial charge in [0.2, 0.25) is 10.0 Å². The van der Waals surface area contributed by atoms with Crippen LogP contribution in [0.5, 0.6) is 0 Å². The molecule has 0 heterocycles. The van der Waals surface area contributed by atoms with Crippen molar-refractivity contribution >= 4 is 21.6 Å². The number of amides is 1. The van der Waals surface area contributed by atoms with Gasteiger partial charge in [-0.3, -0.25) is 9.52 Å². The molecule has 1 aromatic carbocycles. The second-order valence-electron chi connectivity index (χ2n) is 5.35. The van der Waals surface area contributed by atoms with Gasteiger partial charge in [0.25, 0.3) is 5.91 Å². The zero-order chi connectivity index (χ0) is 15.5. The van der Waals surface area contributed by atoms with Gasteiger partial charge in [0.05, 0.1) is 6.26 Å². The first-order chi connectivity index (χ1) is 9.11. The first kappa shape index (κ1) is 16.5. The number of hydrogen-bond acceptors (Lipinski definition) is 3. The third-order valence-electron chi connectivity index (χ3n) is 2.78. The molecule has 0 aliphatic carbocycles. The number of rotatable bonds is 5. The van der Waals surface area contributed by atoms with Gasteiger partial charge in [0, 0.05) is 23.3 Å². The van der Waals surface area contributed by atoms with Crippen molar-refractivity contribution in [2.24, 2.45) is 0 Å². The molecule has 1 amide bonds. The van der Waals surface area contributed by atoms with Crippen molar-refractivity contribution < 1.29 is 13.2 Å². The second-order valence-corrected chi connectivity index (χ2v) is 7.10. The fourth-order valence-electron chi connectivity index (χ4n) is 2.11. The number of benzene rings is 1. The number of nitrogens with zero attached hydrogens (tertiary/aromatic N) is 1. The Morgan fingerprint density at radius 1 is 1.05 bits per heavy atom. The highest BCUT2D eigenvalue weighted by atomic mass is 32.2. The zero-order valence-electron chi connectivity index (χ0n) is 12.5. The largest absolute Gasteiger partial charge is 0.334 e. The van der Waals surface area contributed by atoms with E-state index in [1.54, 1.807) is 29.2 Å². The maximum Gasteiger partial charge on any atom is 0.254 e. The van der Waals surface area contributed by atoms with E-state index in [0.717, 1.165) is 6.26 Å². The minimum absolute atomic E-state index is 0.0547. The summed E-state index contributed by atoms with van der Waals surface area (Å²) >= 11 is 0. The van der Waals surface area contributed by atoms with E-state index >= 15 is 0 Å². The lowest BCUT2D eigenvalue weighted by molar-refractivity contribution is 0.0644. The van der Waals surface area contributed by atoms with E-state index in [-0.39, 0.29) is 18.0 Å². The lowest BCUT2D eigenvalue weighted by Gasteiger charge is -2.30. The van der Waals surface area contributed by atoms with E-state index < -0.39 is 10.0 Å². The molecule has 20 heavy (non-hydrogen) atoms. The van der Waals surface area contributed by atoms with Gasteiger partial charge in [-0.2, -0.15) is 0 Å². The molecule has 1 rings (SSSR count). The highest BCUT2D eigenvalue weighted by Gasteiger charge is 2.21. The molecular weight excluding hydrogens is 276 g/mol. The van der Waals surface area contributed by atoms with Gasteiger partial charge in [-0.25, -0.2) is 8.42 Å². The standard InChI is InChI=1S/C14H22N2O3S/c1-10(2)16(11(3)4)14(17)12-6-8-13(9-7-12)15-20(5,18)19/h6-11,15H,1-5H3. The molecule has 1 aromatic rings. The normalized spacial score (nSPS) is 11.8. The molecule has 0 spiro atoms. The number of carbonyl (C=O) groups is 1. The van der Waals surface area contributed by atoms with E-state index in [4.69, 9.17) is 0 Å². The maximum absolute atomic E-state index is 12.4. The number of sulfonamides is 1. The number of hydrogen-bond donors (Lipinski definition) is 1. The van der Waals surface area contributed by atoms with Crippen LogP contribution in [-0.2, 0) is 10.0 Å². The second kappa shape index (κ2) is 6.26. The summed E-state index contributed by atoms with van der Waals surface area (Å²) in [4.78, 5) is 14.2. The molecule has 0 radical (unpaired) electrons. The van der Waals surface area contributed by atoms with Crippen LogP contribution >= 0.6 is 0 Å². The summed E-state index contributed by atoms with van der Waals surface area (Å²) in [6, 6.07) is 6.66. The monoisotopic (exact) mass is 298 g/mol. The molecule has 112 valence electrons. The van der Waals surface area contributed by atoms with E-state index in [9.17, 15) is 13.2 Å². The van der Waals surface area contributed by atoms with Gasteiger partial charge in [-0.15, -0.1) is 0 Å². The average Bonchev–Trinajstić information content (AvgIpc) is 2.26. The van der Waals surface area contributed by atoms with Crippen LogP contribution in [0.1, 0.15) is 38.1 Å². The summed E-state index contributed by atoms with van der Waals surface area (Å²) in [6.07, 6.45) is 1.09. The topological polar surface area (TPSA) is 66.5 Å². The molecule has 0 unspecified atom stereocenters. The van der Waals surface area contributed by atoms with Crippen LogP contribution in [0.3, 0.4) is 0 Å². The minimum atomic E-state index is -3.30. The van der Waals surface area contributed by atoms with Crippen molar-refractivity contribution in [2.75, 3.05) is 11.0 Å². The van der Waals surface area contributed by atoms with Crippen LogP contribution < -0.4 is 4.72 Å². The molecule has 0 bridgehead atoms. The molecule has 1 N–H and O–H groups in total. The van der Waals surface area contributed by atoms with Gasteiger partial charge >= 0.3 is 0 Å². The summed E-state index contributed by atoms with van der Waals surface area (Å²) in [6.45, 7) is 7.88. The average molecular weight is 298 g/mol. The summed E-state index contributed by atoms with van der Waals surface area (Å²) in [5, 5.41) is 0. The van der Waals surface area contributed by atoms with E-state index in [1.165, 1.54) is 0 Å². The Balaban J connectivity index is 2.95. The Kier molecular flexibility index (Phi) is 5.16. The predicted molar refractivity (Wildman–Crippen MR) is 81.4 cm³/mol. The number of carbonyl (C=O) groups excluding carboxylic acids is 1. The summed E-state index contributed by atoms with van der Waals surface area (Å²) in [7, 11) is -3.30. The van der Waals surface area contributed by atoms with Gasteiger partial charge < -0.3 is 4.90 Å². The molecule has 0 saturated carbocycles. The highest BCUT2D eigenvalue weighted by molar-refractivity contribution is 7.92. The lowest BCUT2D eigenvalue weighted by Crippen LogP contribution is -2.42. The SMILES string of the molecule is CC(C)N(C(=O)c1ccc(NS(C)(=O)=O)cc1)C(C)C. The number of anilines is 1. The maximum atomic E-state index is 12.4. The molecule has 0 atom stereocenters. The molecule has 0 aliphatic heterocycles. The Labute approximate surface area is 121 Å². The van der Waals surface area contributed by atoms with Crippen LogP contribution in [0.15, 0.2) is 24.3 Å². The molecular formula is C14H22N2O3S. The summed E-state index contributed by atoms with van der Waals surface area (Å²) in [5.41, 5.74) is 0.996. The van der Waals surface area contributed by atoms with Crippen molar-refractivity contribution in [2.45, 2.75) is 39.8 Å². The first-order valence-electron chi connectivity index (χ1n) is 6.52. The minimum Gasteiger partial charge on any atom is -0.334 e. The fraction of sp³-hybridized carbons (Fsp3) is 0.500. The Morgan fingerprint density at radius 2 is 1.50 bits per heavy atom. The van der Waals surface area contributed by atoms with Crippen LogP contribution in [0.25, 0.3) is 0 Å². The van der Waals surface area contributed by atoms with E-state index in [0.29, 0.717) is 11.3 Å². The lowest BCUT2D eigenvalue weighted by atomic mass is 10.1. The molecule has 0 aliphatic rings. The smallest absolute Gasteiger partial charge is 0.254 e. The third kappa shape index (κ3) is 4.52. The van der Waals surface area contributed by atoms with Gasteiger partial charge in [-0.1, -0.05) is 0 Å². The zero-order valence-corrected chi connectivity index (χ0v) is 13.4. The van der Waals surface area contributed by atoms with Gasteiger partial charge in [-0.05, 0) is 52.0 Å². The summed E-state index contributed by atoms with van der Waals surface area (Å²) in [5.74, 6) is -0.0547. The molecule has 0 fully saturated rings. The van der Waals surface area contributed by atoms with Gasteiger partial charge in [0.15, 0.2) is 0 Å². The predicted octanol–water partition coefficient (Wildman–Crippen LogP) is 2.32. The van der Waals surface area contributed by atoms with E-state index in [1.807, 2.05) is 27.7 Å². The quantitative estimate of drug-likeness (QED) is 0.907. The Bertz CT molecular complexity index is 555. The Hall–Kier alpha value is -1.56. The van der Waals surface area contributed by atoms with Crippen molar-refractivity contribution in [3.8, 4) is 0 Å². The highest BCUT2D eigenvalue weighted by Crippen LogP contribution is 2.15. The van der Waals surface area contributed by atoms with E-state index in [2.05, 4.69) is 4.72 Å². The third-order valence-corrected chi connectivity index (χ3v) is 3.39. The van der Waals surface area contributed by atoms with Crippen molar-refractivity contribution in [3.63, 3.8) is 0 Å². The summed E-state index contributed by atoms with van der Waals surface area (Å²) < 4.78 is 24.6. The van der Waals surface area contributed by atoms with Crippen LogP contribution in [-0.4, -0.2) is 37.6 Å². The van der Waals surface area contributed by atoms with Crippen LogP contribution in [0.4, 0.5) is 5.69 Å². The number of nitrogens with one attached hydrogen (secondary N) is 1. The fourth-order valence-corrected chi connectivity index (χ4v) is 2.67. The van der Waals surface area contributed by atoms with Gasteiger partial charge in [0.1, 0.15) is 0 Å². The molecule has 6 heteroatoms. The molecule has 5 nitrogen and oxygen atoms in total. The van der Waals surface area contributed by atoms with Crippen molar-refractivity contribution in [1.82, 2.24) is 4.90 Å². The Morgan fingerprint density at radius 3 is 1.85 bits per heavy atom. The first-order valence-corrected chi connectivity index (χ1v) is 8.41. The van der Waals surface area contributed by atoms with Crippen LogP contribution in [0, 0.1) is 0 Å².